The summed E-state index contributed by atoms with van der Waals surface area (Å²) in [5.41, 5.74) is -0.0160. The van der Waals surface area contributed by atoms with Crippen LogP contribution in [0.1, 0.15) is 15.9 Å². The van der Waals surface area contributed by atoms with Crippen LogP contribution in [0.5, 0.6) is 0 Å². The van der Waals surface area contributed by atoms with Crippen molar-refractivity contribution in [1.82, 2.24) is 4.57 Å². The summed E-state index contributed by atoms with van der Waals surface area (Å²) in [5.74, 6) is 0. The van der Waals surface area contributed by atoms with Crippen molar-refractivity contribution in [2.75, 3.05) is 0 Å². The Morgan fingerprint density at radius 3 is 2.56 bits per heavy atom. The molecular formula is C12H13NO2S. The Morgan fingerprint density at radius 1 is 1.31 bits per heavy atom. The van der Waals surface area contributed by atoms with Gasteiger partial charge in [0, 0.05) is 34.3 Å². The van der Waals surface area contributed by atoms with E-state index >= 15 is 0 Å². The van der Waals surface area contributed by atoms with Crippen LogP contribution in [0, 0.1) is 6.92 Å². The molecule has 16 heavy (non-hydrogen) atoms. The number of rotatable bonds is 3. The number of aromatic nitrogens is 1. The van der Waals surface area contributed by atoms with Crippen LogP contribution in [0.15, 0.2) is 41.5 Å². The highest BCUT2D eigenvalue weighted by molar-refractivity contribution is 7.11. The highest BCUT2D eigenvalue weighted by Gasteiger charge is 2.09. The number of aliphatic hydroxyl groups excluding tert-OH is 1. The molecular weight excluding hydrogens is 222 g/mol. The molecule has 2 aromatic heterocycles. The number of hydrogen-bond donors (Lipinski definition) is 1. The van der Waals surface area contributed by atoms with E-state index in [9.17, 15) is 9.90 Å². The molecule has 0 amide bonds. The highest BCUT2D eigenvalue weighted by Crippen LogP contribution is 2.23. The summed E-state index contributed by atoms with van der Waals surface area (Å²) in [6, 6.07) is 6.92. The fourth-order valence-electron chi connectivity index (χ4n) is 1.49. The molecule has 4 heteroatoms. The Bertz CT molecular complexity index is 509. The average molecular weight is 235 g/mol. The Labute approximate surface area is 97.6 Å². The van der Waals surface area contributed by atoms with Crippen LogP contribution in [-0.2, 0) is 6.54 Å². The van der Waals surface area contributed by atoms with E-state index in [0.29, 0.717) is 6.54 Å². The predicted molar refractivity (Wildman–Crippen MR) is 64.7 cm³/mol. The van der Waals surface area contributed by atoms with E-state index in [1.165, 1.54) is 17.0 Å². The molecule has 0 bridgehead atoms. The highest BCUT2D eigenvalue weighted by atomic mass is 32.1. The molecule has 0 spiro atoms. The van der Waals surface area contributed by atoms with Crippen LogP contribution >= 0.6 is 11.3 Å². The Hall–Kier alpha value is -1.39. The maximum Gasteiger partial charge on any atom is 0.181 e. The van der Waals surface area contributed by atoms with E-state index in [-0.39, 0.29) is 5.43 Å². The van der Waals surface area contributed by atoms with E-state index in [0.717, 1.165) is 4.88 Å². The minimum absolute atomic E-state index is 0.0160. The zero-order chi connectivity index (χ0) is 11.5. The van der Waals surface area contributed by atoms with Crippen LogP contribution in [0.4, 0.5) is 0 Å². The summed E-state index contributed by atoms with van der Waals surface area (Å²) < 4.78 is 1.81. The van der Waals surface area contributed by atoms with Gasteiger partial charge in [-0.25, -0.2) is 0 Å². The Kier molecular flexibility index (Phi) is 3.22. The maximum absolute atomic E-state index is 10.9. The Balaban J connectivity index is 2.10. The minimum atomic E-state index is -0.513. The van der Waals surface area contributed by atoms with Crippen molar-refractivity contribution in [1.29, 1.82) is 0 Å². The first-order chi connectivity index (χ1) is 7.65. The van der Waals surface area contributed by atoms with Gasteiger partial charge < -0.3 is 9.67 Å². The number of pyridine rings is 1. The molecule has 2 heterocycles. The number of aliphatic hydroxyl groups is 1. The van der Waals surface area contributed by atoms with Crippen molar-refractivity contribution in [3.63, 3.8) is 0 Å². The van der Waals surface area contributed by atoms with Gasteiger partial charge in [-0.2, -0.15) is 0 Å². The van der Waals surface area contributed by atoms with Crippen LogP contribution in [-0.4, -0.2) is 9.67 Å². The van der Waals surface area contributed by atoms with E-state index in [4.69, 9.17) is 0 Å². The SMILES string of the molecule is Cc1ccc(C(O)Cn2ccc(=O)cc2)s1. The van der Waals surface area contributed by atoms with Gasteiger partial charge in [-0.3, -0.25) is 4.79 Å². The smallest absolute Gasteiger partial charge is 0.181 e. The fraction of sp³-hybridized carbons (Fsp3) is 0.250. The second-order valence-electron chi connectivity index (χ2n) is 3.69. The number of aryl methyl sites for hydroxylation is 1. The maximum atomic E-state index is 10.9. The summed E-state index contributed by atoms with van der Waals surface area (Å²) in [5, 5.41) is 9.97. The lowest BCUT2D eigenvalue weighted by Crippen LogP contribution is -2.09. The molecule has 0 saturated heterocycles. The molecule has 1 unspecified atom stereocenters. The van der Waals surface area contributed by atoms with E-state index in [2.05, 4.69) is 0 Å². The molecule has 1 N–H and O–H groups in total. The van der Waals surface area contributed by atoms with E-state index in [1.807, 2.05) is 19.1 Å². The predicted octanol–water partition coefficient (Wildman–Crippen LogP) is 1.95. The second-order valence-corrected chi connectivity index (χ2v) is 5.01. The lowest BCUT2D eigenvalue weighted by atomic mass is 10.3. The Morgan fingerprint density at radius 2 is 2.00 bits per heavy atom. The van der Waals surface area contributed by atoms with Crippen LogP contribution < -0.4 is 5.43 Å². The van der Waals surface area contributed by atoms with E-state index < -0.39 is 6.10 Å². The van der Waals surface area contributed by atoms with Gasteiger partial charge >= 0.3 is 0 Å². The third kappa shape index (κ3) is 2.59. The first-order valence-electron chi connectivity index (χ1n) is 5.05. The van der Waals surface area contributed by atoms with Crippen LogP contribution in [0.3, 0.4) is 0 Å². The van der Waals surface area contributed by atoms with Crippen molar-refractivity contribution in [2.45, 2.75) is 19.6 Å². The standard InChI is InChI=1S/C12H13NO2S/c1-9-2-3-12(16-9)11(15)8-13-6-4-10(14)5-7-13/h2-7,11,15H,8H2,1H3. The van der Waals surface area contributed by atoms with Gasteiger partial charge in [0.1, 0.15) is 6.10 Å². The quantitative estimate of drug-likeness (QED) is 0.883. The minimum Gasteiger partial charge on any atom is -0.386 e. The summed E-state index contributed by atoms with van der Waals surface area (Å²) in [6.07, 6.45) is 2.86. The summed E-state index contributed by atoms with van der Waals surface area (Å²) in [4.78, 5) is 13.1. The molecule has 0 fully saturated rings. The second kappa shape index (κ2) is 4.63. The average Bonchev–Trinajstić information content (AvgIpc) is 2.68. The lowest BCUT2D eigenvalue weighted by Gasteiger charge is -2.10. The van der Waals surface area contributed by atoms with Gasteiger partial charge in [-0.05, 0) is 19.1 Å². The van der Waals surface area contributed by atoms with Crippen molar-refractivity contribution < 1.29 is 5.11 Å². The van der Waals surface area contributed by atoms with Crippen LogP contribution in [0.25, 0.3) is 0 Å². The summed E-state index contributed by atoms with van der Waals surface area (Å²) >= 11 is 1.59. The molecule has 0 aliphatic rings. The van der Waals surface area contributed by atoms with Crippen molar-refractivity contribution in [3.05, 3.63) is 56.6 Å². The molecule has 2 aromatic rings. The van der Waals surface area contributed by atoms with E-state index in [1.54, 1.807) is 28.3 Å². The van der Waals surface area contributed by atoms with Gasteiger partial charge in [-0.1, -0.05) is 0 Å². The molecule has 2 rings (SSSR count). The summed E-state index contributed by atoms with van der Waals surface area (Å²) in [6.45, 7) is 2.49. The third-order valence-electron chi connectivity index (χ3n) is 2.33. The molecule has 0 saturated carbocycles. The van der Waals surface area contributed by atoms with Crippen molar-refractivity contribution in [3.8, 4) is 0 Å². The number of nitrogens with zero attached hydrogens (tertiary/aromatic N) is 1. The molecule has 3 nitrogen and oxygen atoms in total. The fourth-order valence-corrected chi connectivity index (χ4v) is 2.34. The number of hydrogen-bond acceptors (Lipinski definition) is 3. The monoisotopic (exact) mass is 235 g/mol. The molecule has 1 atom stereocenters. The molecule has 84 valence electrons. The molecule has 0 radical (unpaired) electrons. The van der Waals surface area contributed by atoms with Crippen LogP contribution in [0.2, 0.25) is 0 Å². The van der Waals surface area contributed by atoms with Gasteiger partial charge in [0.05, 0.1) is 6.54 Å². The molecule has 0 aromatic carbocycles. The zero-order valence-electron chi connectivity index (χ0n) is 8.96. The number of thiophene rings is 1. The summed E-state index contributed by atoms with van der Waals surface area (Å²) in [7, 11) is 0. The molecule has 0 aliphatic carbocycles. The normalized spacial score (nSPS) is 12.6. The van der Waals surface area contributed by atoms with Gasteiger partial charge in [0.2, 0.25) is 0 Å². The lowest BCUT2D eigenvalue weighted by molar-refractivity contribution is 0.160. The van der Waals surface area contributed by atoms with Gasteiger partial charge in [0.15, 0.2) is 5.43 Å². The first-order valence-corrected chi connectivity index (χ1v) is 5.87. The topological polar surface area (TPSA) is 42.2 Å². The van der Waals surface area contributed by atoms with Crippen molar-refractivity contribution in [2.24, 2.45) is 0 Å². The molecule has 0 aliphatic heterocycles. The zero-order valence-corrected chi connectivity index (χ0v) is 9.78. The third-order valence-corrected chi connectivity index (χ3v) is 3.44. The largest absolute Gasteiger partial charge is 0.386 e. The van der Waals surface area contributed by atoms with Gasteiger partial charge in [0.25, 0.3) is 0 Å². The van der Waals surface area contributed by atoms with Gasteiger partial charge in [-0.15, -0.1) is 11.3 Å². The first kappa shape index (κ1) is 11.1. The van der Waals surface area contributed by atoms with Crippen molar-refractivity contribution >= 4 is 11.3 Å².